The molecular weight excluding hydrogens is 436 g/mol. The highest BCUT2D eigenvalue weighted by Gasteiger charge is 2.18. The predicted octanol–water partition coefficient (Wildman–Crippen LogP) is 2.49. The molecule has 0 unspecified atom stereocenters. The molecule has 1 N–H and O–H groups in total. The predicted molar refractivity (Wildman–Crippen MR) is 127 cm³/mol. The Hall–Kier alpha value is -4.11. The molecule has 4 rings (SSSR count). The minimum absolute atomic E-state index is 0.0827. The summed E-state index contributed by atoms with van der Waals surface area (Å²) in [6, 6.07) is 16.3. The first-order valence-electron chi connectivity index (χ1n) is 10.9. The molecule has 0 spiro atoms. The zero-order valence-corrected chi connectivity index (χ0v) is 18.8. The molecule has 0 radical (unpaired) electrons. The highest BCUT2D eigenvalue weighted by molar-refractivity contribution is 5.98. The molecule has 2 amide bonds. The van der Waals surface area contributed by atoms with Crippen LogP contribution in [0.5, 0.6) is 11.5 Å². The highest BCUT2D eigenvalue weighted by atomic mass is 16.5. The Bertz CT molecular complexity index is 1150. The first-order chi connectivity index (χ1) is 16.7. The summed E-state index contributed by atoms with van der Waals surface area (Å²) in [6.45, 7) is 2.13. The number of morpholine rings is 1. The summed E-state index contributed by atoms with van der Waals surface area (Å²) in [5.74, 6) is 0.488. The fourth-order valence-corrected chi connectivity index (χ4v) is 3.54. The average molecular weight is 463 g/mol. The van der Waals surface area contributed by atoms with Crippen LogP contribution in [0.3, 0.4) is 0 Å². The van der Waals surface area contributed by atoms with Crippen LogP contribution in [0.4, 0.5) is 0 Å². The Kier molecular flexibility index (Phi) is 7.56. The van der Waals surface area contributed by atoms with Gasteiger partial charge in [-0.1, -0.05) is 12.1 Å². The van der Waals surface area contributed by atoms with E-state index in [2.05, 4.69) is 10.5 Å². The maximum Gasteiger partial charge on any atom is 0.273 e. The number of carbonyl (C=O) groups excluding carboxylic acids is 2. The summed E-state index contributed by atoms with van der Waals surface area (Å²) in [6.07, 6.45) is 5.26. The quantitative estimate of drug-likeness (QED) is 0.410. The van der Waals surface area contributed by atoms with Crippen molar-refractivity contribution in [3.05, 3.63) is 78.1 Å². The summed E-state index contributed by atoms with van der Waals surface area (Å²) in [7, 11) is 1.52. The third kappa shape index (κ3) is 5.62. The van der Waals surface area contributed by atoms with E-state index in [4.69, 9.17) is 14.2 Å². The molecule has 0 bridgehead atoms. The van der Waals surface area contributed by atoms with Crippen molar-refractivity contribution in [2.75, 3.05) is 40.0 Å². The van der Waals surface area contributed by atoms with E-state index in [1.54, 1.807) is 35.2 Å². The van der Waals surface area contributed by atoms with Gasteiger partial charge in [0.1, 0.15) is 0 Å². The molecule has 0 aliphatic carbocycles. The normalized spacial score (nSPS) is 13.6. The van der Waals surface area contributed by atoms with Crippen LogP contribution >= 0.6 is 0 Å². The molecule has 1 aromatic heterocycles. The van der Waals surface area contributed by atoms with Gasteiger partial charge in [0.05, 0.1) is 37.8 Å². The topological polar surface area (TPSA) is 94.4 Å². The summed E-state index contributed by atoms with van der Waals surface area (Å²) in [5.41, 5.74) is 4.52. The molecule has 2 heterocycles. The number of aromatic nitrogens is 1. The van der Waals surface area contributed by atoms with E-state index in [0.717, 1.165) is 5.69 Å². The number of hydrazone groups is 1. The second-order valence-electron chi connectivity index (χ2n) is 7.50. The number of benzene rings is 2. The number of nitrogens with one attached hydrogen (secondary N) is 1. The lowest BCUT2D eigenvalue weighted by atomic mass is 10.1. The fourth-order valence-electron chi connectivity index (χ4n) is 3.54. The van der Waals surface area contributed by atoms with Gasteiger partial charge in [-0.05, 0) is 48.0 Å². The lowest BCUT2D eigenvalue weighted by molar-refractivity contribution is -0.137. The van der Waals surface area contributed by atoms with Crippen LogP contribution in [0.2, 0.25) is 0 Å². The molecule has 1 aliphatic heterocycles. The van der Waals surface area contributed by atoms with Crippen molar-refractivity contribution in [2.24, 2.45) is 5.10 Å². The van der Waals surface area contributed by atoms with E-state index in [0.29, 0.717) is 48.9 Å². The monoisotopic (exact) mass is 462 g/mol. The number of rotatable bonds is 8. The van der Waals surface area contributed by atoms with E-state index < -0.39 is 0 Å². The molecule has 34 heavy (non-hydrogen) atoms. The van der Waals surface area contributed by atoms with Crippen molar-refractivity contribution in [2.45, 2.75) is 0 Å². The van der Waals surface area contributed by atoms with E-state index in [9.17, 15) is 9.59 Å². The minimum atomic E-state index is -0.325. The highest BCUT2D eigenvalue weighted by Crippen LogP contribution is 2.27. The van der Waals surface area contributed by atoms with Crippen molar-refractivity contribution in [1.82, 2.24) is 14.9 Å². The van der Waals surface area contributed by atoms with Crippen molar-refractivity contribution in [3.63, 3.8) is 0 Å². The van der Waals surface area contributed by atoms with Crippen molar-refractivity contribution < 1.29 is 23.8 Å². The molecule has 3 aromatic rings. The molecule has 2 aromatic carbocycles. The number of ether oxygens (including phenoxy) is 3. The van der Waals surface area contributed by atoms with Gasteiger partial charge in [-0.25, -0.2) is 5.43 Å². The average Bonchev–Trinajstić information content (AvgIpc) is 3.43. The molecule has 176 valence electrons. The molecule has 0 atom stereocenters. The number of hydrogen-bond acceptors (Lipinski definition) is 6. The fraction of sp³-hybridized carbons (Fsp3) is 0.240. The number of para-hydroxylation sites is 1. The zero-order valence-electron chi connectivity index (χ0n) is 18.8. The zero-order chi connectivity index (χ0) is 23.8. The Morgan fingerprint density at radius 1 is 1.06 bits per heavy atom. The molecule has 1 fully saturated rings. The van der Waals surface area contributed by atoms with Crippen LogP contribution in [-0.4, -0.2) is 67.5 Å². The summed E-state index contributed by atoms with van der Waals surface area (Å²) in [4.78, 5) is 26.7. The Morgan fingerprint density at radius 3 is 2.59 bits per heavy atom. The summed E-state index contributed by atoms with van der Waals surface area (Å²) in [5, 5.41) is 4.08. The van der Waals surface area contributed by atoms with Crippen LogP contribution < -0.4 is 14.9 Å². The molecular formula is C25H26N4O5. The van der Waals surface area contributed by atoms with Gasteiger partial charge in [0, 0.05) is 25.5 Å². The van der Waals surface area contributed by atoms with Crippen LogP contribution in [0.25, 0.3) is 5.69 Å². The van der Waals surface area contributed by atoms with E-state index >= 15 is 0 Å². The van der Waals surface area contributed by atoms with Crippen molar-refractivity contribution >= 4 is 18.0 Å². The number of amides is 2. The number of nitrogens with zero attached hydrogens (tertiary/aromatic N) is 3. The third-order valence-electron chi connectivity index (χ3n) is 5.31. The number of carbonyl (C=O) groups is 2. The van der Waals surface area contributed by atoms with E-state index in [-0.39, 0.29) is 18.4 Å². The molecule has 1 aliphatic rings. The van der Waals surface area contributed by atoms with Gasteiger partial charge < -0.3 is 23.7 Å². The van der Waals surface area contributed by atoms with Crippen LogP contribution in [0.1, 0.15) is 15.9 Å². The Labute approximate surface area is 197 Å². The Balaban J connectivity index is 1.37. The van der Waals surface area contributed by atoms with E-state index in [1.165, 1.54) is 13.3 Å². The maximum absolute atomic E-state index is 12.7. The molecule has 0 saturated carbocycles. The van der Waals surface area contributed by atoms with Gasteiger partial charge in [0.2, 0.25) is 0 Å². The van der Waals surface area contributed by atoms with Crippen LogP contribution in [0, 0.1) is 0 Å². The van der Waals surface area contributed by atoms with Gasteiger partial charge in [-0.15, -0.1) is 0 Å². The number of methoxy groups -OCH3 is 1. The van der Waals surface area contributed by atoms with Gasteiger partial charge >= 0.3 is 0 Å². The summed E-state index contributed by atoms with van der Waals surface area (Å²) < 4.78 is 18.2. The standard InChI is InChI=1S/C25H26N4O5/c1-32-23-16-19(8-9-22(23)34-18-24(30)29-12-14-33-15-13-29)17-26-27-25(31)20-6-2-3-7-21(20)28-10-4-5-11-28/h2-11,16-17H,12-15,18H2,1H3,(H,27,31)/b26-17+. The van der Waals surface area contributed by atoms with Crippen LogP contribution in [-0.2, 0) is 9.53 Å². The third-order valence-corrected chi connectivity index (χ3v) is 5.31. The minimum Gasteiger partial charge on any atom is -0.493 e. The first-order valence-corrected chi connectivity index (χ1v) is 10.9. The van der Waals surface area contributed by atoms with Crippen molar-refractivity contribution in [3.8, 4) is 17.2 Å². The lowest BCUT2D eigenvalue weighted by Gasteiger charge is -2.26. The smallest absolute Gasteiger partial charge is 0.273 e. The van der Waals surface area contributed by atoms with Gasteiger partial charge in [0.25, 0.3) is 11.8 Å². The summed E-state index contributed by atoms with van der Waals surface area (Å²) >= 11 is 0. The lowest BCUT2D eigenvalue weighted by Crippen LogP contribution is -2.43. The molecule has 1 saturated heterocycles. The largest absolute Gasteiger partial charge is 0.493 e. The van der Waals surface area contributed by atoms with Gasteiger partial charge in [0.15, 0.2) is 18.1 Å². The SMILES string of the molecule is COc1cc(/C=N/NC(=O)c2ccccc2-n2cccc2)ccc1OCC(=O)N1CCOCC1. The van der Waals surface area contributed by atoms with Crippen molar-refractivity contribution in [1.29, 1.82) is 0 Å². The molecule has 9 nitrogen and oxygen atoms in total. The molecule has 9 heteroatoms. The van der Waals surface area contributed by atoms with E-state index in [1.807, 2.05) is 41.2 Å². The number of hydrogen-bond donors (Lipinski definition) is 1. The second kappa shape index (κ2) is 11.2. The second-order valence-corrected chi connectivity index (χ2v) is 7.50. The van der Waals surface area contributed by atoms with Gasteiger partial charge in [-0.3, -0.25) is 9.59 Å². The van der Waals surface area contributed by atoms with Crippen LogP contribution in [0.15, 0.2) is 72.1 Å². The van der Waals surface area contributed by atoms with Gasteiger partial charge in [-0.2, -0.15) is 5.10 Å². The Morgan fingerprint density at radius 2 is 1.82 bits per heavy atom. The maximum atomic E-state index is 12.7. The first kappa shape index (κ1) is 23.1.